The molecule has 0 saturated carbocycles. The Labute approximate surface area is 138 Å². The van der Waals surface area contributed by atoms with Gasteiger partial charge in [-0.1, -0.05) is 0 Å². The maximum absolute atomic E-state index is 12.4. The molecule has 0 aliphatic rings. The zero-order valence-electron chi connectivity index (χ0n) is 13.8. The number of halogens is 2. The van der Waals surface area contributed by atoms with E-state index in [1.165, 1.54) is 6.21 Å². The number of hydrogen-bond donors (Lipinski definition) is 1. The summed E-state index contributed by atoms with van der Waals surface area (Å²) in [4.78, 5) is 12.0. The minimum Gasteiger partial charge on any atom is -0.466 e. The van der Waals surface area contributed by atoms with E-state index in [1.807, 2.05) is 0 Å². The van der Waals surface area contributed by atoms with E-state index < -0.39 is 6.61 Å². The molecule has 0 aliphatic carbocycles. The van der Waals surface area contributed by atoms with E-state index in [1.54, 1.807) is 45.9 Å². The van der Waals surface area contributed by atoms with Crippen molar-refractivity contribution < 1.29 is 22.7 Å². The number of aryl methyl sites for hydroxylation is 4. The third-order valence-electron chi connectivity index (χ3n) is 3.35. The number of nitrogens with zero attached hydrogens (tertiary/aromatic N) is 1. The molecule has 0 saturated heterocycles. The van der Waals surface area contributed by atoms with Crippen molar-refractivity contribution in [2.24, 2.45) is 5.10 Å². The minimum atomic E-state index is -2.87. The van der Waals surface area contributed by atoms with Gasteiger partial charge in [0.15, 0.2) is 0 Å². The van der Waals surface area contributed by atoms with E-state index in [4.69, 9.17) is 4.42 Å². The molecule has 0 fully saturated rings. The molecule has 0 unspecified atom stereocenters. The Bertz CT molecular complexity index is 759. The van der Waals surface area contributed by atoms with Gasteiger partial charge in [0, 0.05) is 0 Å². The van der Waals surface area contributed by atoms with E-state index in [0.717, 1.165) is 0 Å². The van der Waals surface area contributed by atoms with Crippen molar-refractivity contribution in [1.82, 2.24) is 5.43 Å². The Morgan fingerprint density at radius 1 is 1.21 bits per heavy atom. The summed E-state index contributed by atoms with van der Waals surface area (Å²) in [5.74, 6) is 0.922. The van der Waals surface area contributed by atoms with E-state index in [2.05, 4.69) is 15.3 Å². The standard InChI is InChI=1S/C17H18F2N2O3/c1-9-5-13(6-10(2)15(9)24-17(18)19)8-20-21-16(22)14-7-11(3)23-12(14)4/h5-8,17H,1-4H3,(H,21,22)/b20-8-. The topological polar surface area (TPSA) is 63.8 Å². The smallest absolute Gasteiger partial charge is 0.387 e. The van der Waals surface area contributed by atoms with Crippen molar-refractivity contribution in [1.29, 1.82) is 0 Å². The first-order chi connectivity index (χ1) is 11.3. The summed E-state index contributed by atoms with van der Waals surface area (Å²) < 4.78 is 34.5. The predicted molar refractivity (Wildman–Crippen MR) is 85.8 cm³/mol. The van der Waals surface area contributed by atoms with Crippen LogP contribution in [0.3, 0.4) is 0 Å². The van der Waals surface area contributed by atoms with Gasteiger partial charge >= 0.3 is 6.61 Å². The van der Waals surface area contributed by atoms with Gasteiger partial charge in [0.2, 0.25) is 0 Å². The zero-order chi connectivity index (χ0) is 17.9. The summed E-state index contributed by atoms with van der Waals surface area (Å²) in [5.41, 5.74) is 4.60. The summed E-state index contributed by atoms with van der Waals surface area (Å²) >= 11 is 0. The second-order valence-electron chi connectivity index (χ2n) is 5.39. The summed E-state index contributed by atoms with van der Waals surface area (Å²) in [6, 6.07) is 4.92. The SMILES string of the molecule is Cc1cc(C(=O)N/N=C\c2cc(C)c(OC(F)F)c(C)c2)c(C)o1. The second kappa shape index (κ2) is 7.25. The lowest BCUT2D eigenvalue weighted by Gasteiger charge is -2.11. The molecule has 2 rings (SSSR count). The molecule has 2 aromatic rings. The molecule has 0 atom stereocenters. The van der Waals surface area contributed by atoms with Crippen LogP contribution in [0.1, 0.15) is 38.6 Å². The van der Waals surface area contributed by atoms with Gasteiger partial charge in [-0.15, -0.1) is 0 Å². The monoisotopic (exact) mass is 336 g/mol. The number of nitrogens with one attached hydrogen (secondary N) is 1. The molecule has 1 heterocycles. The van der Waals surface area contributed by atoms with Gasteiger partial charge in [0.1, 0.15) is 17.3 Å². The number of hydrogen-bond acceptors (Lipinski definition) is 4. The van der Waals surface area contributed by atoms with Crippen molar-refractivity contribution in [3.05, 3.63) is 52.0 Å². The van der Waals surface area contributed by atoms with Crippen molar-refractivity contribution >= 4 is 12.1 Å². The van der Waals surface area contributed by atoms with E-state index in [-0.39, 0.29) is 11.7 Å². The molecule has 24 heavy (non-hydrogen) atoms. The van der Waals surface area contributed by atoms with Crippen LogP contribution in [-0.4, -0.2) is 18.7 Å². The van der Waals surface area contributed by atoms with E-state index in [0.29, 0.717) is 33.8 Å². The molecule has 0 aliphatic heterocycles. The molecule has 5 nitrogen and oxygen atoms in total. The normalized spacial score (nSPS) is 11.3. The quantitative estimate of drug-likeness (QED) is 0.666. The highest BCUT2D eigenvalue weighted by molar-refractivity contribution is 5.95. The molecule has 128 valence electrons. The highest BCUT2D eigenvalue weighted by Gasteiger charge is 2.13. The largest absolute Gasteiger partial charge is 0.466 e. The Hall–Kier alpha value is -2.70. The highest BCUT2D eigenvalue weighted by Crippen LogP contribution is 2.25. The Kier molecular flexibility index (Phi) is 5.33. The van der Waals surface area contributed by atoms with Crippen LogP contribution in [-0.2, 0) is 0 Å². The molecule has 1 aromatic heterocycles. The van der Waals surface area contributed by atoms with E-state index in [9.17, 15) is 13.6 Å². The highest BCUT2D eigenvalue weighted by atomic mass is 19.3. The van der Waals surface area contributed by atoms with Crippen LogP contribution in [0.5, 0.6) is 5.75 Å². The lowest BCUT2D eigenvalue weighted by molar-refractivity contribution is -0.0507. The fraction of sp³-hybridized carbons (Fsp3) is 0.294. The molecule has 0 radical (unpaired) electrons. The molecule has 1 amide bonds. The Morgan fingerprint density at radius 2 is 1.83 bits per heavy atom. The van der Waals surface area contributed by atoms with Crippen LogP contribution in [0, 0.1) is 27.7 Å². The first-order valence-corrected chi connectivity index (χ1v) is 7.24. The lowest BCUT2D eigenvalue weighted by Crippen LogP contribution is -2.17. The molecule has 0 bridgehead atoms. The summed E-state index contributed by atoms with van der Waals surface area (Å²) in [5, 5.41) is 3.89. The van der Waals surface area contributed by atoms with Crippen molar-refractivity contribution in [3.63, 3.8) is 0 Å². The number of furan rings is 1. The van der Waals surface area contributed by atoms with Crippen LogP contribution in [0.2, 0.25) is 0 Å². The van der Waals surface area contributed by atoms with Crippen LogP contribution in [0.15, 0.2) is 27.7 Å². The predicted octanol–water partition coefficient (Wildman–Crippen LogP) is 3.88. The van der Waals surface area contributed by atoms with Gasteiger partial charge < -0.3 is 9.15 Å². The number of ether oxygens (including phenoxy) is 1. The van der Waals surface area contributed by atoms with Crippen LogP contribution < -0.4 is 10.2 Å². The number of carbonyl (C=O) groups excluding carboxylic acids is 1. The van der Waals surface area contributed by atoms with Gasteiger partial charge in [-0.2, -0.15) is 13.9 Å². The van der Waals surface area contributed by atoms with Crippen molar-refractivity contribution in [2.45, 2.75) is 34.3 Å². The average Bonchev–Trinajstić information content (AvgIpc) is 2.81. The van der Waals surface area contributed by atoms with Crippen molar-refractivity contribution in [2.75, 3.05) is 0 Å². The minimum absolute atomic E-state index is 0.149. The fourth-order valence-corrected chi connectivity index (χ4v) is 2.42. The summed E-state index contributed by atoms with van der Waals surface area (Å²) in [6.45, 7) is 3.90. The average molecular weight is 336 g/mol. The Balaban J connectivity index is 2.09. The number of hydrazone groups is 1. The Morgan fingerprint density at radius 3 is 2.33 bits per heavy atom. The number of alkyl halides is 2. The number of rotatable bonds is 5. The van der Waals surface area contributed by atoms with Crippen LogP contribution in [0.25, 0.3) is 0 Å². The third kappa shape index (κ3) is 4.18. The van der Waals surface area contributed by atoms with E-state index >= 15 is 0 Å². The summed E-state index contributed by atoms with van der Waals surface area (Å²) in [7, 11) is 0. The molecule has 0 spiro atoms. The number of carbonyl (C=O) groups is 1. The number of amides is 1. The third-order valence-corrected chi connectivity index (χ3v) is 3.35. The van der Waals surface area contributed by atoms with Crippen LogP contribution in [0.4, 0.5) is 8.78 Å². The lowest BCUT2D eigenvalue weighted by atomic mass is 10.1. The molecular weight excluding hydrogens is 318 g/mol. The molecule has 1 aromatic carbocycles. The molecule has 7 heteroatoms. The fourth-order valence-electron chi connectivity index (χ4n) is 2.42. The van der Waals surface area contributed by atoms with Crippen LogP contribution >= 0.6 is 0 Å². The van der Waals surface area contributed by atoms with Gasteiger partial charge in [0.05, 0.1) is 11.8 Å². The maximum atomic E-state index is 12.4. The van der Waals surface area contributed by atoms with Gasteiger partial charge in [-0.05, 0) is 62.6 Å². The second-order valence-corrected chi connectivity index (χ2v) is 5.39. The first-order valence-electron chi connectivity index (χ1n) is 7.24. The van der Waals surface area contributed by atoms with Crippen molar-refractivity contribution in [3.8, 4) is 5.75 Å². The first kappa shape index (κ1) is 17.7. The maximum Gasteiger partial charge on any atom is 0.387 e. The van der Waals surface area contributed by atoms with Gasteiger partial charge in [0.25, 0.3) is 5.91 Å². The zero-order valence-corrected chi connectivity index (χ0v) is 13.8. The molecular formula is C17H18F2N2O3. The van der Waals surface area contributed by atoms with Gasteiger partial charge in [-0.25, -0.2) is 5.43 Å². The number of benzene rings is 1. The summed E-state index contributed by atoms with van der Waals surface area (Å²) in [6.07, 6.45) is 1.44. The van der Waals surface area contributed by atoms with Gasteiger partial charge in [-0.3, -0.25) is 4.79 Å². The molecule has 1 N–H and O–H groups in total.